The summed E-state index contributed by atoms with van der Waals surface area (Å²) >= 11 is 0. The van der Waals surface area contributed by atoms with Gasteiger partial charge in [-0.2, -0.15) is 0 Å². The van der Waals surface area contributed by atoms with Gasteiger partial charge in [-0.05, 0) is 44.1 Å². The second kappa shape index (κ2) is 18.8. The molecule has 0 radical (unpaired) electrons. The van der Waals surface area contributed by atoms with Gasteiger partial charge in [0.1, 0.15) is 35.8 Å². The van der Waals surface area contributed by atoms with E-state index >= 15 is 0 Å². The standard InChI is InChI=1S/C33H53N5O9/c1-18(2)24(28(41)35-23(17-39)27(40)34-22(31(44)46-10)16-21-14-12-11-13-15-21)36-29(42)25(19(3)4)37-30(43)26(20(5)6)38-32(45)47-33(7,8)9/h11-15,18-20,22-26,39H,16-17H2,1-10H3,(H,34,40)(H,35,41)(H,36,42)(H,37,43)(H,38,45)/t22-,23+,24-,25-,26-/m0/s1. The molecule has 0 fully saturated rings. The number of rotatable bonds is 16. The van der Waals surface area contributed by atoms with E-state index in [1.165, 1.54) is 7.11 Å². The summed E-state index contributed by atoms with van der Waals surface area (Å²) in [6.45, 7) is 14.5. The maximum Gasteiger partial charge on any atom is 0.408 e. The van der Waals surface area contributed by atoms with Gasteiger partial charge in [-0.1, -0.05) is 71.9 Å². The number of aliphatic hydroxyl groups excluding tert-OH is 1. The lowest BCUT2D eigenvalue weighted by Crippen LogP contribution is -2.61. The third-order valence-corrected chi connectivity index (χ3v) is 7.02. The lowest BCUT2D eigenvalue weighted by atomic mass is 9.98. The SMILES string of the molecule is COC(=O)[C@H](Cc1ccccc1)NC(=O)[C@@H](CO)NC(=O)[C@@H](NC(=O)[C@@H](NC(=O)[C@@H](NC(=O)OC(C)(C)C)C(C)C)C(C)C)C(C)C. The number of hydrogen-bond acceptors (Lipinski definition) is 9. The Hall–Kier alpha value is -4.20. The van der Waals surface area contributed by atoms with E-state index in [0.717, 1.165) is 5.56 Å². The minimum atomic E-state index is -1.45. The van der Waals surface area contributed by atoms with Gasteiger partial charge < -0.3 is 41.2 Å². The maximum atomic E-state index is 13.5. The van der Waals surface area contributed by atoms with Crippen LogP contribution in [0.5, 0.6) is 0 Å². The van der Waals surface area contributed by atoms with Gasteiger partial charge in [0.2, 0.25) is 23.6 Å². The zero-order chi connectivity index (χ0) is 36.1. The molecule has 5 atom stereocenters. The summed E-state index contributed by atoms with van der Waals surface area (Å²) in [6.07, 6.45) is -0.669. The first-order chi connectivity index (χ1) is 21.8. The molecule has 0 aromatic heterocycles. The molecule has 5 amide bonds. The lowest BCUT2D eigenvalue weighted by Gasteiger charge is -2.30. The van der Waals surface area contributed by atoms with Crippen molar-refractivity contribution in [1.29, 1.82) is 0 Å². The Morgan fingerprint density at radius 3 is 1.49 bits per heavy atom. The Kier molecular flexibility index (Phi) is 16.3. The van der Waals surface area contributed by atoms with Crippen molar-refractivity contribution in [2.45, 2.75) is 105 Å². The van der Waals surface area contributed by atoms with E-state index in [2.05, 4.69) is 26.6 Å². The number of methoxy groups -OCH3 is 1. The first kappa shape index (κ1) is 40.8. The van der Waals surface area contributed by atoms with Gasteiger partial charge in [0.05, 0.1) is 13.7 Å². The van der Waals surface area contributed by atoms with Crippen LogP contribution >= 0.6 is 0 Å². The topological polar surface area (TPSA) is 201 Å². The van der Waals surface area contributed by atoms with Gasteiger partial charge in [-0.15, -0.1) is 0 Å². The van der Waals surface area contributed by atoms with Crippen LogP contribution in [0.25, 0.3) is 0 Å². The molecule has 1 aromatic carbocycles. The summed E-state index contributed by atoms with van der Waals surface area (Å²) in [4.78, 5) is 77.9. The van der Waals surface area contributed by atoms with Gasteiger partial charge in [-0.25, -0.2) is 9.59 Å². The third-order valence-electron chi connectivity index (χ3n) is 7.02. The summed E-state index contributed by atoms with van der Waals surface area (Å²) in [5.41, 5.74) is -0.0296. The van der Waals surface area contributed by atoms with E-state index in [0.29, 0.717) is 0 Å². The number of carbonyl (C=O) groups excluding carboxylic acids is 6. The number of hydrogen-bond donors (Lipinski definition) is 6. The Morgan fingerprint density at radius 2 is 1.09 bits per heavy atom. The van der Waals surface area contributed by atoms with Crippen LogP contribution in [-0.2, 0) is 39.9 Å². The van der Waals surface area contributed by atoms with Crippen molar-refractivity contribution in [2.24, 2.45) is 17.8 Å². The number of nitrogens with one attached hydrogen (secondary N) is 5. The van der Waals surface area contributed by atoms with Crippen LogP contribution < -0.4 is 26.6 Å². The Balaban J connectivity index is 3.04. The zero-order valence-corrected chi connectivity index (χ0v) is 29.1. The smallest absolute Gasteiger partial charge is 0.408 e. The quantitative estimate of drug-likeness (QED) is 0.141. The molecule has 0 bridgehead atoms. The van der Waals surface area contributed by atoms with Crippen LogP contribution in [0.15, 0.2) is 30.3 Å². The first-order valence-electron chi connectivity index (χ1n) is 15.7. The van der Waals surface area contributed by atoms with E-state index in [9.17, 15) is 33.9 Å². The van der Waals surface area contributed by atoms with Gasteiger partial charge in [0.15, 0.2) is 0 Å². The van der Waals surface area contributed by atoms with Crippen molar-refractivity contribution in [2.75, 3.05) is 13.7 Å². The molecule has 47 heavy (non-hydrogen) atoms. The van der Waals surface area contributed by atoms with Crippen LogP contribution in [0.1, 0.15) is 67.9 Å². The average molecular weight is 664 g/mol. The van der Waals surface area contributed by atoms with E-state index in [4.69, 9.17) is 9.47 Å². The van der Waals surface area contributed by atoms with Crippen molar-refractivity contribution < 1.29 is 43.3 Å². The molecule has 0 aliphatic carbocycles. The fraction of sp³-hybridized carbons (Fsp3) is 0.636. The minimum Gasteiger partial charge on any atom is -0.467 e. The number of alkyl carbamates (subject to hydrolysis) is 1. The highest BCUT2D eigenvalue weighted by molar-refractivity contribution is 5.96. The Labute approximate surface area is 277 Å². The van der Waals surface area contributed by atoms with Crippen LogP contribution in [0.3, 0.4) is 0 Å². The van der Waals surface area contributed by atoms with E-state index < -0.39 is 89.9 Å². The van der Waals surface area contributed by atoms with Crippen LogP contribution in [0, 0.1) is 17.8 Å². The number of ether oxygens (including phenoxy) is 2. The van der Waals surface area contributed by atoms with Crippen molar-refractivity contribution in [3.63, 3.8) is 0 Å². The first-order valence-corrected chi connectivity index (χ1v) is 15.7. The lowest BCUT2D eigenvalue weighted by molar-refractivity contribution is -0.145. The molecule has 0 saturated carbocycles. The summed E-state index contributed by atoms with van der Waals surface area (Å²) in [5, 5.41) is 22.8. The molecule has 0 unspecified atom stereocenters. The summed E-state index contributed by atoms with van der Waals surface area (Å²) in [5.74, 6) is -4.81. The van der Waals surface area contributed by atoms with Crippen molar-refractivity contribution in [3.05, 3.63) is 35.9 Å². The molecule has 14 nitrogen and oxygen atoms in total. The number of benzene rings is 1. The largest absolute Gasteiger partial charge is 0.467 e. The van der Waals surface area contributed by atoms with Gasteiger partial charge in [0, 0.05) is 6.42 Å². The van der Waals surface area contributed by atoms with Crippen molar-refractivity contribution in [1.82, 2.24) is 26.6 Å². The van der Waals surface area contributed by atoms with Crippen LogP contribution in [-0.4, -0.2) is 90.3 Å². The Bertz CT molecular complexity index is 1210. The molecule has 6 N–H and O–H groups in total. The summed E-state index contributed by atoms with van der Waals surface area (Å²) in [7, 11) is 1.18. The fourth-order valence-corrected chi connectivity index (χ4v) is 4.44. The monoisotopic (exact) mass is 663 g/mol. The molecule has 14 heteroatoms. The van der Waals surface area contributed by atoms with Crippen molar-refractivity contribution >= 4 is 35.7 Å². The van der Waals surface area contributed by atoms with Gasteiger partial charge in [0.25, 0.3) is 0 Å². The molecule has 0 saturated heterocycles. The molecule has 1 rings (SSSR count). The summed E-state index contributed by atoms with van der Waals surface area (Å²) in [6, 6.07) is 3.11. The highest BCUT2D eigenvalue weighted by atomic mass is 16.6. The fourth-order valence-electron chi connectivity index (χ4n) is 4.44. The molecular weight excluding hydrogens is 610 g/mol. The predicted molar refractivity (Wildman–Crippen MR) is 175 cm³/mol. The van der Waals surface area contributed by atoms with E-state index in [1.807, 2.05) is 0 Å². The van der Waals surface area contributed by atoms with E-state index in [-0.39, 0.29) is 12.3 Å². The number of carbonyl (C=O) groups is 6. The second-order valence-electron chi connectivity index (χ2n) is 13.3. The van der Waals surface area contributed by atoms with E-state index in [1.54, 1.807) is 92.6 Å². The molecule has 0 aliphatic rings. The minimum absolute atomic E-state index is 0.114. The predicted octanol–water partition coefficient (Wildman–Crippen LogP) is 1.19. The molecule has 264 valence electrons. The number of amides is 5. The average Bonchev–Trinajstić information content (AvgIpc) is 2.97. The van der Waals surface area contributed by atoms with Crippen molar-refractivity contribution in [3.8, 4) is 0 Å². The highest BCUT2D eigenvalue weighted by Crippen LogP contribution is 2.12. The third kappa shape index (κ3) is 14.0. The second-order valence-corrected chi connectivity index (χ2v) is 13.3. The molecular formula is C33H53N5O9. The zero-order valence-electron chi connectivity index (χ0n) is 29.1. The van der Waals surface area contributed by atoms with Crippen LogP contribution in [0.4, 0.5) is 4.79 Å². The molecule has 0 heterocycles. The molecule has 0 spiro atoms. The summed E-state index contributed by atoms with van der Waals surface area (Å²) < 4.78 is 10.1. The normalized spacial score (nSPS) is 14.7. The molecule has 0 aliphatic heterocycles. The highest BCUT2D eigenvalue weighted by Gasteiger charge is 2.35. The maximum absolute atomic E-state index is 13.5. The number of aliphatic hydroxyl groups is 1. The van der Waals surface area contributed by atoms with Gasteiger partial charge in [-0.3, -0.25) is 19.2 Å². The molecule has 1 aromatic rings. The number of esters is 1. The van der Waals surface area contributed by atoms with Gasteiger partial charge >= 0.3 is 12.1 Å². The Morgan fingerprint density at radius 1 is 0.660 bits per heavy atom. The van der Waals surface area contributed by atoms with Crippen LogP contribution in [0.2, 0.25) is 0 Å².